The summed E-state index contributed by atoms with van der Waals surface area (Å²) in [4.78, 5) is 11.3. The molecular weight excluding hydrogens is 961 g/mol. The van der Waals surface area contributed by atoms with Gasteiger partial charge in [0, 0.05) is 78.5 Å². The summed E-state index contributed by atoms with van der Waals surface area (Å²) in [6.07, 6.45) is 5.33. The zero-order valence-corrected chi connectivity index (χ0v) is 42.8. The van der Waals surface area contributed by atoms with Crippen molar-refractivity contribution in [2.75, 3.05) is 0 Å². The minimum atomic E-state index is 0.653. The molecule has 0 radical (unpaired) electrons. The molecule has 0 N–H and O–H groups in total. The number of hydrogen-bond acceptors (Lipinski definition) is 2. The summed E-state index contributed by atoms with van der Waals surface area (Å²) in [5.74, 6) is 1.68. The van der Waals surface area contributed by atoms with Crippen LogP contribution in [0.4, 0.5) is 0 Å². The Balaban J connectivity index is 0.951. The van der Waals surface area contributed by atoms with Gasteiger partial charge in [-0.05, 0) is 82.2 Å². The lowest BCUT2D eigenvalue weighted by molar-refractivity contribution is 0.997. The molecule has 0 amide bonds. The molecule has 79 heavy (non-hydrogen) atoms. The van der Waals surface area contributed by atoms with Crippen molar-refractivity contribution < 1.29 is 0 Å². The molecule has 0 fully saturated rings. The molecule has 0 bridgehead atoms. The van der Waals surface area contributed by atoms with Gasteiger partial charge >= 0.3 is 0 Å². The standard InChI is InChI=1S/C73H46N6/c1-3-19-48-41-50(35-33-46(48)17-1)61-39-37-52(43-62(74-61)51-36-34-47-18-2-4-20-49(47)42-51)77-63-27-11-9-25-58(63)59-38-40-69-72(73(59)77)60-26-10-16-32-68(60)76(69)53-44-70(78-64-28-12-5-21-54(64)55-22-6-13-29-65(55)78)75-71(45-53)79-66-30-14-7-23-56(66)57-24-8-15-31-67(57)79/h1-36,38-45H,37H2. The first-order valence-electron chi connectivity index (χ1n) is 27.1. The predicted molar refractivity (Wildman–Crippen MR) is 332 cm³/mol. The van der Waals surface area contributed by atoms with Gasteiger partial charge in [0.15, 0.2) is 0 Å². The normalized spacial score (nSPS) is 13.2. The van der Waals surface area contributed by atoms with Crippen LogP contribution in [0.3, 0.4) is 0 Å². The van der Waals surface area contributed by atoms with Crippen LogP contribution in [-0.4, -0.2) is 29.0 Å². The van der Waals surface area contributed by atoms with E-state index in [1.807, 2.05) is 0 Å². The highest BCUT2D eigenvalue weighted by atomic mass is 15.1. The monoisotopic (exact) mass is 1010 g/mol. The quantitative estimate of drug-likeness (QED) is 0.164. The van der Waals surface area contributed by atoms with E-state index in [1.54, 1.807) is 0 Å². The molecule has 1 aliphatic rings. The first-order valence-corrected chi connectivity index (χ1v) is 27.1. The average Bonchev–Trinajstić information content (AvgIpc) is 4.07. The van der Waals surface area contributed by atoms with Crippen LogP contribution in [0.1, 0.15) is 17.5 Å². The van der Waals surface area contributed by atoms with Crippen LogP contribution in [0, 0.1) is 0 Å². The molecule has 6 heterocycles. The Labute approximate surface area is 453 Å². The fraction of sp³-hybridized carbons (Fsp3) is 0.0137. The molecule has 0 unspecified atom stereocenters. The SMILES string of the molecule is C1=C(c2ccc3ccccc3c2)N=C(c2ccc3ccccc3c2)C=C(n2c3ccccc3c3ccc4c(c5ccccc5n4-c4cc(-n5c6ccccc6c6ccccc65)nc(-n5c6ccccc6c6ccccc65)c4)c32)C1. The van der Waals surface area contributed by atoms with E-state index in [9.17, 15) is 0 Å². The van der Waals surface area contributed by atoms with Crippen molar-refractivity contribution >= 4 is 126 Å². The molecule has 0 atom stereocenters. The van der Waals surface area contributed by atoms with Crippen molar-refractivity contribution in [1.29, 1.82) is 0 Å². The number of allylic oxidation sites excluding steroid dienone is 3. The molecule has 11 aromatic carbocycles. The van der Waals surface area contributed by atoms with Gasteiger partial charge in [-0.15, -0.1) is 0 Å². The summed E-state index contributed by atoms with van der Waals surface area (Å²) >= 11 is 0. The Kier molecular flexibility index (Phi) is 9.38. The van der Waals surface area contributed by atoms with Gasteiger partial charge in [-0.3, -0.25) is 9.13 Å². The third-order valence-electron chi connectivity index (χ3n) is 16.6. The number of benzene rings is 11. The van der Waals surface area contributed by atoms with Gasteiger partial charge in [-0.25, -0.2) is 9.98 Å². The smallest absolute Gasteiger partial charge is 0.142 e. The fourth-order valence-electron chi connectivity index (χ4n) is 13.1. The summed E-state index contributed by atoms with van der Waals surface area (Å²) in [6, 6.07) is 92.6. The second-order valence-electron chi connectivity index (χ2n) is 20.9. The summed E-state index contributed by atoms with van der Waals surface area (Å²) in [5.41, 5.74) is 15.2. The maximum absolute atomic E-state index is 5.73. The van der Waals surface area contributed by atoms with Crippen molar-refractivity contribution in [3.63, 3.8) is 0 Å². The largest absolute Gasteiger partial charge is 0.312 e. The van der Waals surface area contributed by atoms with E-state index in [1.165, 1.54) is 70.2 Å². The Hall–Kier alpha value is -10.6. The second-order valence-corrected chi connectivity index (χ2v) is 20.9. The lowest BCUT2D eigenvalue weighted by Crippen LogP contribution is -2.06. The Morgan fingerprint density at radius 3 is 1.29 bits per heavy atom. The van der Waals surface area contributed by atoms with Gasteiger partial charge in [0.25, 0.3) is 0 Å². The molecule has 368 valence electrons. The van der Waals surface area contributed by atoms with Crippen molar-refractivity contribution in [1.82, 2.24) is 23.3 Å². The molecule has 6 heteroatoms. The molecule has 16 aromatic rings. The van der Waals surface area contributed by atoms with Crippen molar-refractivity contribution in [2.45, 2.75) is 6.42 Å². The van der Waals surface area contributed by atoms with Gasteiger partial charge in [-0.1, -0.05) is 194 Å². The molecule has 0 saturated carbocycles. The highest BCUT2D eigenvalue weighted by Gasteiger charge is 2.25. The van der Waals surface area contributed by atoms with Crippen LogP contribution >= 0.6 is 0 Å². The number of hydrogen-bond donors (Lipinski definition) is 0. The number of pyridine rings is 1. The van der Waals surface area contributed by atoms with Crippen molar-refractivity contribution in [3.05, 3.63) is 278 Å². The molecule has 1 aliphatic heterocycles. The van der Waals surface area contributed by atoms with Gasteiger partial charge in [0.05, 0.1) is 61.2 Å². The molecule has 5 aromatic heterocycles. The lowest BCUT2D eigenvalue weighted by atomic mass is 10.0. The Bertz CT molecular complexity index is 5120. The van der Waals surface area contributed by atoms with Gasteiger partial charge in [0.1, 0.15) is 11.6 Å². The van der Waals surface area contributed by atoms with E-state index in [4.69, 9.17) is 9.98 Å². The van der Waals surface area contributed by atoms with Gasteiger partial charge < -0.3 is 9.13 Å². The van der Waals surface area contributed by atoms with Crippen LogP contribution in [-0.2, 0) is 0 Å². The van der Waals surface area contributed by atoms with E-state index in [0.29, 0.717) is 6.42 Å². The predicted octanol–water partition coefficient (Wildman–Crippen LogP) is 18.6. The summed E-state index contributed by atoms with van der Waals surface area (Å²) in [7, 11) is 0. The number of para-hydroxylation sites is 6. The van der Waals surface area contributed by atoms with E-state index < -0.39 is 0 Å². The fourth-order valence-corrected chi connectivity index (χ4v) is 13.1. The topological polar surface area (TPSA) is 45.0 Å². The average molecular weight is 1010 g/mol. The summed E-state index contributed by atoms with van der Waals surface area (Å²) < 4.78 is 9.72. The van der Waals surface area contributed by atoms with Crippen molar-refractivity contribution in [3.8, 4) is 17.3 Å². The maximum atomic E-state index is 5.73. The summed E-state index contributed by atoms with van der Waals surface area (Å²) in [6.45, 7) is 0. The van der Waals surface area contributed by atoms with E-state index in [0.717, 1.165) is 84.2 Å². The number of rotatable bonds is 6. The minimum Gasteiger partial charge on any atom is -0.312 e. The zero-order chi connectivity index (χ0) is 51.7. The molecule has 17 rings (SSSR count). The molecular formula is C73H46N6. The Morgan fingerprint density at radius 2 is 0.747 bits per heavy atom. The third kappa shape index (κ3) is 6.58. The number of fused-ring (bicyclic) bond motifs is 15. The summed E-state index contributed by atoms with van der Waals surface area (Å²) in [5, 5.41) is 14.3. The first kappa shape index (κ1) is 43.7. The Morgan fingerprint density at radius 1 is 0.316 bits per heavy atom. The van der Waals surface area contributed by atoms with Crippen LogP contribution in [0.2, 0.25) is 0 Å². The number of nitrogens with zero attached hydrogens (tertiary/aromatic N) is 6. The van der Waals surface area contributed by atoms with Gasteiger partial charge in [-0.2, -0.15) is 0 Å². The molecule has 0 aliphatic carbocycles. The van der Waals surface area contributed by atoms with E-state index in [-0.39, 0.29) is 0 Å². The van der Waals surface area contributed by atoms with Crippen LogP contribution in [0.15, 0.2) is 272 Å². The number of aliphatic imine (C=N–C) groups is 1. The van der Waals surface area contributed by atoms with Crippen molar-refractivity contribution in [2.24, 2.45) is 4.99 Å². The highest BCUT2D eigenvalue weighted by Crippen LogP contribution is 2.44. The van der Waals surface area contributed by atoms with E-state index in [2.05, 4.69) is 285 Å². The highest BCUT2D eigenvalue weighted by molar-refractivity contribution is 6.27. The third-order valence-corrected chi connectivity index (χ3v) is 16.6. The zero-order valence-electron chi connectivity index (χ0n) is 42.8. The molecule has 0 saturated heterocycles. The van der Waals surface area contributed by atoms with Crippen LogP contribution in [0.25, 0.3) is 137 Å². The molecule has 0 spiro atoms. The van der Waals surface area contributed by atoms with Gasteiger partial charge in [0.2, 0.25) is 0 Å². The lowest BCUT2D eigenvalue weighted by Gasteiger charge is -2.16. The van der Waals surface area contributed by atoms with Crippen LogP contribution in [0.5, 0.6) is 0 Å². The number of aromatic nitrogens is 5. The van der Waals surface area contributed by atoms with Crippen LogP contribution < -0.4 is 0 Å². The first-order chi connectivity index (χ1) is 39.2. The van der Waals surface area contributed by atoms with E-state index >= 15 is 0 Å². The second kappa shape index (κ2) is 17.0. The minimum absolute atomic E-state index is 0.653. The maximum Gasteiger partial charge on any atom is 0.142 e. The molecule has 6 nitrogen and oxygen atoms in total.